The second-order valence-corrected chi connectivity index (χ2v) is 10.7. The van der Waals surface area contributed by atoms with E-state index in [-0.39, 0.29) is 28.8 Å². The number of hydrogen-bond acceptors (Lipinski definition) is 8. The summed E-state index contributed by atoms with van der Waals surface area (Å²) >= 11 is 0. The van der Waals surface area contributed by atoms with E-state index in [1.54, 1.807) is 18.3 Å². The fourth-order valence-corrected chi connectivity index (χ4v) is 5.86. The number of nitro groups is 1. The van der Waals surface area contributed by atoms with Crippen LogP contribution in [0.5, 0.6) is 0 Å². The predicted molar refractivity (Wildman–Crippen MR) is 136 cm³/mol. The van der Waals surface area contributed by atoms with Gasteiger partial charge in [-0.1, -0.05) is 24.3 Å². The molecule has 3 heterocycles. The number of nitrogens with zero attached hydrogens (tertiary/aromatic N) is 5. The summed E-state index contributed by atoms with van der Waals surface area (Å²) in [5.74, 6) is -3.30. The molecule has 192 valence electrons. The summed E-state index contributed by atoms with van der Waals surface area (Å²) in [6.45, 7) is 0. The van der Waals surface area contributed by atoms with Crippen LogP contribution < -0.4 is 0 Å². The molecule has 0 bridgehead atoms. The summed E-state index contributed by atoms with van der Waals surface area (Å²) in [6, 6.07) is 10.9. The zero-order valence-corrected chi connectivity index (χ0v) is 20.5. The van der Waals surface area contributed by atoms with Gasteiger partial charge in [-0.2, -0.15) is 0 Å². The minimum atomic E-state index is -4.04. The van der Waals surface area contributed by atoms with Crippen LogP contribution in [0.2, 0.25) is 0 Å². The third-order valence-corrected chi connectivity index (χ3v) is 7.60. The Balaban J connectivity index is 1.47. The summed E-state index contributed by atoms with van der Waals surface area (Å²) in [5, 5.41) is 11.3. The minimum absolute atomic E-state index is 0.0154. The maximum Gasteiger partial charge on any atom is 0.273 e. The lowest BCUT2D eigenvalue weighted by Crippen LogP contribution is -2.12. The molecular formula is C26H19F2N5O4S. The van der Waals surface area contributed by atoms with E-state index in [1.807, 2.05) is 0 Å². The van der Waals surface area contributed by atoms with Gasteiger partial charge in [0.05, 0.1) is 27.8 Å². The van der Waals surface area contributed by atoms with Gasteiger partial charge in [0.25, 0.3) is 5.69 Å². The number of halogens is 2. The minimum Gasteiger partial charge on any atom is -0.260 e. The van der Waals surface area contributed by atoms with E-state index < -0.39 is 37.9 Å². The van der Waals surface area contributed by atoms with Gasteiger partial charge >= 0.3 is 0 Å². The molecule has 0 amide bonds. The number of aliphatic imine (C=N–C) groups is 1. The van der Waals surface area contributed by atoms with Crippen molar-refractivity contribution in [3.05, 3.63) is 111 Å². The first-order valence-corrected chi connectivity index (χ1v) is 13.2. The number of fused-ring (bicyclic) bond motifs is 1. The molecule has 0 fully saturated rings. The Morgan fingerprint density at radius 3 is 2.55 bits per heavy atom. The number of sulfone groups is 1. The van der Waals surface area contributed by atoms with Crippen LogP contribution in [0.4, 0.5) is 20.2 Å². The van der Waals surface area contributed by atoms with Gasteiger partial charge in [-0.3, -0.25) is 20.1 Å². The van der Waals surface area contributed by atoms with Crippen molar-refractivity contribution in [2.75, 3.05) is 0 Å². The lowest BCUT2D eigenvalue weighted by atomic mass is 9.99. The number of nitro benzene ring substituents is 1. The van der Waals surface area contributed by atoms with E-state index in [9.17, 15) is 22.9 Å². The fraction of sp³-hybridized carbons (Fsp3) is 0.154. The molecule has 0 unspecified atom stereocenters. The Bertz CT molecular complexity index is 1710. The Morgan fingerprint density at radius 1 is 0.947 bits per heavy atom. The quantitative estimate of drug-likeness (QED) is 0.236. The van der Waals surface area contributed by atoms with Gasteiger partial charge in [0.1, 0.15) is 29.3 Å². The molecule has 2 aromatic carbocycles. The van der Waals surface area contributed by atoms with Gasteiger partial charge in [0.2, 0.25) is 0 Å². The second-order valence-electron chi connectivity index (χ2n) is 8.62. The number of rotatable bonds is 8. The van der Waals surface area contributed by atoms with Crippen LogP contribution in [-0.4, -0.2) is 34.5 Å². The molecule has 38 heavy (non-hydrogen) atoms. The Morgan fingerprint density at radius 2 is 1.74 bits per heavy atom. The summed E-state index contributed by atoms with van der Waals surface area (Å²) in [4.78, 5) is 27.7. The molecule has 0 atom stereocenters. The Kier molecular flexibility index (Phi) is 6.72. The Hall–Kier alpha value is -4.45. The highest BCUT2D eigenvalue weighted by atomic mass is 32.2. The highest BCUT2D eigenvalue weighted by Gasteiger charge is 2.25. The van der Waals surface area contributed by atoms with E-state index in [1.165, 1.54) is 36.8 Å². The van der Waals surface area contributed by atoms with Gasteiger partial charge in [0, 0.05) is 53.6 Å². The highest BCUT2D eigenvalue weighted by Crippen LogP contribution is 2.35. The van der Waals surface area contributed by atoms with Crippen LogP contribution >= 0.6 is 0 Å². The first-order valence-electron chi connectivity index (χ1n) is 11.4. The average Bonchev–Trinajstić information content (AvgIpc) is 3.38. The van der Waals surface area contributed by atoms with Gasteiger partial charge in [-0.05, 0) is 18.2 Å². The zero-order valence-electron chi connectivity index (χ0n) is 19.7. The average molecular weight is 536 g/mol. The molecule has 1 aliphatic heterocycles. The summed E-state index contributed by atoms with van der Waals surface area (Å²) in [5.41, 5.74) is 1.67. The SMILES string of the molecule is O=[N+]([O-])c1ccccc1CS(=O)(=O)Cc1ccc(F)c(Cc2ncccc2-c2ncnc3c2N=CC3)c1F. The molecule has 4 aromatic rings. The van der Waals surface area contributed by atoms with Crippen molar-refractivity contribution in [1.29, 1.82) is 0 Å². The first kappa shape index (κ1) is 25.2. The smallest absolute Gasteiger partial charge is 0.260 e. The van der Waals surface area contributed by atoms with Crippen molar-refractivity contribution >= 4 is 27.4 Å². The summed E-state index contributed by atoms with van der Waals surface area (Å²) in [6.07, 6.45) is 4.86. The third-order valence-electron chi connectivity index (χ3n) is 6.10. The van der Waals surface area contributed by atoms with Crippen molar-refractivity contribution in [1.82, 2.24) is 15.0 Å². The molecular weight excluding hydrogens is 516 g/mol. The number of aromatic nitrogens is 3. The maximum atomic E-state index is 15.6. The first-order chi connectivity index (χ1) is 18.2. The van der Waals surface area contributed by atoms with E-state index in [2.05, 4.69) is 19.9 Å². The topological polar surface area (TPSA) is 128 Å². The van der Waals surface area contributed by atoms with E-state index >= 15 is 4.39 Å². The monoisotopic (exact) mass is 535 g/mol. The molecule has 5 rings (SSSR count). The lowest BCUT2D eigenvalue weighted by molar-refractivity contribution is -0.385. The number of para-hydroxylation sites is 1. The summed E-state index contributed by atoms with van der Waals surface area (Å²) < 4.78 is 56.2. The van der Waals surface area contributed by atoms with Crippen LogP contribution in [-0.2, 0) is 34.2 Å². The van der Waals surface area contributed by atoms with E-state index in [0.717, 1.165) is 17.8 Å². The zero-order chi connectivity index (χ0) is 26.9. The molecule has 0 radical (unpaired) electrons. The second kappa shape index (κ2) is 10.1. The normalized spacial score (nSPS) is 12.5. The maximum absolute atomic E-state index is 15.6. The van der Waals surface area contributed by atoms with Crippen molar-refractivity contribution in [2.45, 2.75) is 24.3 Å². The highest BCUT2D eigenvalue weighted by molar-refractivity contribution is 7.89. The third kappa shape index (κ3) is 5.02. The lowest BCUT2D eigenvalue weighted by Gasteiger charge is -2.13. The molecule has 0 N–H and O–H groups in total. The molecule has 0 aliphatic carbocycles. The number of pyridine rings is 1. The molecule has 12 heteroatoms. The van der Waals surface area contributed by atoms with Crippen molar-refractivity contribution in [3.63, 3.8) is 0 Å². The van der Waals surface area contributed by atoms with Gasteiger partial charge in [0.15, 0.2) is 9.84 Å². The molecule has 0 saturated heterocycles. The Labute approximate surface area is 216 Å². The van der Waals surface area contributed by atoms with Crippen LogP contribution in [0.15, 0.2) is 66.0 Å². The molecule has 1 aliphatic rings. The van der Waals surface area contributed by atoms with Crippen molar-refractivity contribution in [2.24, 2.45) is 4.99 Å². The number of benzene rings is 2. The van der Waals surface area contributed by atoms with Crippen LogP contribution in [0, 0.1) is 21.7 Å². The number of hydrogen-bond donors (Lipinski definition) is 0. The van der Waals surface area contributed by atoms with Gasteiger partial charge in [-0.15, -0.1) is 0 Å². The van der Waals surface area contributed by atoms with Crippen LogP contribution in [0.1, 0.15) is 28.1 Å². The molecule has 0 saturated carbocycles. The predicted octanol–water partition coefficient (Wildman–Crippen LogP) is 4.69. The van der Waals surface area contributed by atoms with Gasteiger partial charge in [-0.25, -0.2) is 27.2 Å². The molecule has 0 spiro atoms. The van der Waals surface area contributed by atoms with Crippen molar-refractivity contribution in [3.8, 4) is 11.3 Å². The van der Waals surface area contributed by atoms with E-state index in [0.29, 0.717) is 29.1 Å². The van der Waals surface area contributed by atoms with Gasteiger partial charge < -0.3 is 0 Å². The van der Waals surface area contributed by atoms with Crippen LogP contribution in [0.25, 0.3) is 11.3 Å². The largest absolute Gasteiger partial charge is 0.273 e. The standard InChI is InChI=1S/C26H19F2N5O4S/c27-20-8-7-17(14-38(36,37)13-16-4-1-2-6-23(16)33(34)35)24(28)19(20)12-22-18(5-3-10-29-22)25-26-21(9-11-30-26)31-15-32-25/h1-8,10-11,15H,9,12-14H2. The fourth-order valence-electron chi connectivity index (χ4n) is 4.34. The molecule has 9 nitrogen and oxygen atoms in total. The van der Waals surface area contributed by atoms with E-state index in [4.69, 9.17) is 0 Å². The molecule has 2 aromatic heterocycles. The van der Waals surface area contributed by atoms with Crippen LogP contribution in [0.3, 0.4) is 0 Å². The van der Waals surface area contributed by atoms with Crippen molar-refractivity contribution < 1.29 is 22.1 Å². The summed E-state index contributed by atoms with van der Waals surface area (Å²) in [7, 11) is -4.04.